The Balaban J connectivity index is 1.96. The first-order valence-corrected chi connectivity index (χ1v) is 6.19. The molecule has 18 heavy (non-hydrogen) atoms. The van der Waals surface area contributed by atoms with Gasteiger partial charge in [0, 0.05) is 12.6 Å². The molecule has 96 valence electrons. The minimum Gasteiger partial charge on any atom is -0.484 e. The molecule has 0 saturated heterocycles. The summed E-state index contributed by atoms with van der Waals surface area (Å²) in [5, 5.41) is 7.45. The molecule has 0 aliphatic carbocycles. The van der Waals surface area contributed by atoms with Crippen LogP contribution in [0.3, 0.4) is 0 Å². The van der Waals surface area contributed by atoms with Crippen LogP contribution in [0.4, 0.5) is 0 Å². The van der Waals surface area contributed by atoms with E-state index >= 15 is 0 Å². The van der Waals surface area contributed by atoms with Crippen LogP contribution in [0.15, 0.2) is 35.0 Å². The number of benzene rings is 1. The maximum atomic E-state index is 6.15. The molecule has 0 fully saturated rings. The third kappa shape index (κ3) is 3.48. The highest BCUT2D eigenvalue weighted by atomic mass is 35.5. The second-order valence-corrected chi connectivity index (χ2v) is 4.22. The lowest BCUT2D eigenvalue weighted by molar-refractivity contribution is 0.249. The van der Waals surface area contributed by atoms with Gasteiger partial charge in [0.05, 0.1) is 11.2 Å². The van der Waals surface area contributed by atoms with Gasteiger partial charge in [-0.3, -0.25) is 0 Å². The van der Waals surface area contributed by atoms with E-state index in [2.05, 4.69) is 17.4 Å². The van der Waals surface area contributed by atoms with Crippen molar-refractivity contribution in [3.8, 4) is 5.75 Å². The number of nitrogens with one attached hydrogen (secondary N) is 1. The van der Waals surface area contributed by atoms with E-state index in [0.29, 0.717) is 23.1 Å². The van der Waals surface area contributed by atoms with E-state index in [1.54, 1.807) is 12.3 Å². The van der Waals surface area contributed by atoms with Crippen molar-refractivity contribution in [3.63, 3.8) is 0 Å². The molecule has 1 aromatic heterocycles. The Bertz CT molecular complexity index is 486. The number of aromatic nitrogens is 1. The van der Waals surface area contributed by atoms with Crippen molar-refractivity contribution in [1.82, 2.24) is 10.5 Å². The Morgan fingerprint density at radius 2 is 2.28 bits per heavy atom. The van der Waals surface area contributed by atoms with Gasteiger partial charge in [0.25, 0.3) is 0 Å². The molecule has 0 spiro atoms. The molecule has 0 bridgehead atoms. The van der Waals surface area contributed by atoms with Crippen molar-refractivity contribution < 1.29 is 9.26 Å². The molecule has 0 amide bonds. The summed E-state index contributed by atoms with van der Waals surface area (Å²) in [5.41, 5.74) is 1.13. The average Bonchev–Trinajstić information content (AvgIpc) is 2.88. The van der Waals surface area contributed by atoms with Crippen molar-refractivity contribution >= 4 is 11.6 Å². The molecule has 0 atom stereocenters. The van der Waals surface area contributed by atoms with Gasteiger partial charge < -0.3 is 14.6 Å². The first-order valence-electron chi connectivity index (χ1n) is 5.81. The minimum atomic E-state index is 0.326. The van der Waals surface area contributed by atoms with Crippen LogP contribution in [-0.2, 0) is 13.2 Å². The molecule has 2 aromatic rings. The molecule has 0 aliphatic heterocycles. The SMILES string of the molecule is CCNCc1ccc(OCc2ccno2)c(Cl)c1. The second-order valence-electron chi connectivity index (χ2n) is 3.81. The van der Waals surface area contributed by atoms with Crippen LogP contribution >= 0.6 is 11.6 Å². The van der Waals surface area contributed by atoms with E-state index in [-0.39, 0.29) is 0 Å². The fraction of sp³-hybridized carbons (Fsp3) is 0.308. The minimum absolute atomic E-state index is 0.326. The summed E-state index contributed by atoms with van der Waals surface area (Å²) in [7, 11) is 0. The molecule has 0 aliphatic rings. The molecule has 4 nitrogen and oxygen atoms in total. The quantitative estimate of drug-likeness (QED) is 0.873. The molecule has 0 unspecified atom stereocenters. The molecule has 5 heteroatoms. The Labute approximate surface area is 111 Å². The third-order valence-corrected chi connectivity index (χ3v) is 2.73. The first kappa shape index (κ1) is 12.9. The van der Waals surface area contributed by atoms with Crippen LogP contribution in [0.25, 0.3) is 0 Å². The fourth-order valence-corrected chi connectivity index (χ4v) is 1.76. The van der Waals surface area contributed by atoms with Crippen molar-refractivity contribution in [1.29, 1.82) is 0 Å². The third-order valence-electron chi connectivity index (χ3n) is 2.44. The van der Waals surface area contributed by atoms with Gasteiger partial charge >= 0.3 is 0 Å². The van der Waals surface area contributed by atoms with Gasteiger partial charge in [-0.2, -0.15) is 0 Å². The zero-order chi connectivity index (χ0) is 12.8. The largest absolute Gasteiger partial charge is 0.484 e. The molecule has 1 heterocycles. The van der Waals surface area contributed by atoms with Crippen LogP contribution in [-0.4, -0.2) is 11.7 Å². The number of halogens is 1. The van der Waals surface area contributed by atoms with E-state index in [1.165, 1.54) is 0 Å². The standard InChI is InChI=1S/C13H15ClN2O2/c1-2-15-8-10-3-4-13(12(14)7-10)17-9-11-5-6-16-18-11/h3-7,15H,2,8-9H2,1H3. The van der Waals surface area contributed by atoms with E-state index in [9.17, 15) is 0 Å². The van der Waals surface area contributed by atoms with Gasteiger partial charge in [-0.25, -0.2) is 0 Å². The number of hydrogen-bond donors (Lipinski definition) is 1. The van der Waals surface area contributed by atoms with Gasteiger partial charge in [0.15, 0.2) is 5.76 Å². The zero-order valence-corrected chi connectivity index (χ0v) is 10.9. The Hall–Kier alpha value is -1.52. The summed E-state index contributed by atoms with van der Waals surface area (Å²) in [6, 6.07) is 7.52. The lowest BCUT2D eigenvalue weighted by atomic mass is 10.2. The normalized spacial score (nSPS) is 10.6. The van der Waals surface area contributed by atoms with Gasteiger partial charge in [0.2, 0.25) is 0 Å². The van der Waals surface area contributed by atoms with Crippen molar-refractivity contribution in [3.05, 3.63) is 46.8 Å². The van der Waals surface area contributed by atoms with Crippen molar-refractivity contribution in [2.75, 3.05) is 6.54 Å². The van der Waals surface area contributed by atoms with Crippen molar-refractivity contribution in [2.24, 2.45) is 0 Å². The smallest absolute Gasteiger partial charge is 0.174 e. The summed E-state index contributed by atoms with van der Waals surface area (Å²) < 4.78 is 10.5. The Morgan fingerprint density at radius 1 is 1.39 bits per heavy atom. The van der Waals surface area contributed by atoms with Gasteiger partial charge in [-0.05, 0) is 24.2 Å². The first-order chi connectivity index (χ1) is 8.79. The summed E-state index contributed by atoms with van der Waals surface area (Å²) in [6.45, 7) is 4.13. The van der Waals surface area contributed by atoms with Gasteiger partial charge in [-0.1, -0.05) is 29.7 Å². The summed E-state index contributed by atoms with van der Waals surface area (Å²) in [4.78, 5) is 0. The lowest BCUT2D eigenvalue weighted by Gasteiger charge is -2.08. The number of rotatable bonds is 6. The highest BCUT2D eigenvalue weighted by molar-refractivity contribution is 6.32. The summed E-state index contributed by atoms with van der Waals surface area (Å²) >= 11 is 6.15. The van der Waals surface area contributed by atoms with E-state index < -0.39 is 0 Å². The van der Waals surface area contributed by atoms with Gasteiger partial charge in [0.1, 0.15) is 12.4 Å². The highest BCUT2D eigenvalue weighted by Crippen LogP contribution is 2.26. The molecular formula is C13H15ClN2O2. The van der Waals surface area contributed by atoms with E-state index in [4.69, 9.17) is 20.9 Å². The van der Waals surface area contributed by atoms with Crippen molar-refractivity contribution in [2.45, 2.75) is 20.1 Å². The van der Waals surface area contributed by atoms with E-state index in [0.717, 1.165) is 18.7 Å². The fourth-order valence-electron chi connectivity index (χ4n) is 1.51. The second kappa shape index (κ2) is 6.42. The van der Waals surface area contributed by atoms with E-state index in [1.807, 2.05) is 18.2 Å². The number of nitrogens with zero attached hydrogens (tertiary/aromatic N) is 1. The Morgan fingerprint density at radius 3 is 2.94 bits per heavy atom. The van der Waals surface area contributed by atoms with Crippen LogP contribution in [0, 0.1) is 0 Å². The van der Waals surface area contributed by atoms with Crippen LogP contribution in [0.5, 0.6) is 5.75 Å². The predicted molar refractivity (Wildman–Crippen MR) is 69.7 cm³/mol. The summed E-state index contributed by atoms with van der Waals surface area (Å²) in [6.07, 6.45) is 1.58. The average molecular weight is 267 g/mol. The number of ether oxygens (including phenoxy) is 1. The molecule has 2 rings (SSSR count). The summed E-state index contributed by atoms with van der Waals surface area (Å²) in [5.74, 6) is 1.32. The molecule has 0 saturated carbocycles. The predicted octanol–water partition coefficient (Wildman–Crippen LogP) is 3.02. The van der Waals surface area contributed by atoms with Gasteiger partial charge in [-0.15, -0.1) is 0 Å². The maximum Gasteiger partial charge on any atom is 0.174 e. The molecule has 1 N–H and O–H groups in total. The molecule has 0 radical (unpaired) electrons. The highest BCUT2D eigenvalue weighted by Gasteiger charge is 2.05. The molecular weight excluding hydrogens is 252 g/mol. The van der Waals surface area contributed by atoms with Crippen LogP contribution in [0.1, 0.15) is 18.2 Å². The monoisotopic (exact) mass is 266 g/mol. The van der Waals surface area contributed by atoms with Crippen LogP contribution in [0.2, 0.25) is 5.02 Å². The Kier molecular flexibility index (Phi) is 4.61. The zero-order valence-electron chi connectivity index (χ0n) is 10.1. The maximum absolute atomic E-state index is 6.15. The lowest BCUT2D eigenvalue weighted by Crippen LogP contribution is -2.11. The molecule has 1 aromatic carbocycles. The van der Waals surface area contributed by atoms with Crippen LogP contribution < -0.4 is 10.1 Å². The number of hydrogen-bond acceptors (Lipinski definition) is 4. The topological polar surface area (TPSA) is 47.3 Å².